The minimum Gasteiger partial charge on any atom is -0.371 e. The first-order valence-electron chi connectivity index (χ1n) is 8.38. The summed E-state index contributed by atoms with van der Waals surface area (Å²) in [5.41, 5.74) is 2.46. The maximum absolute atomic E-state index is 11.9. The molecule has 0 heterocycles. The van der Waals surface area contributed by atoms with Crippen molar-refractivity contribution in [3.63, 3.8) is 0 Å². The number of nitrogens with zero attached hydrogens (tertiary/aromatic N) is 1. The number of rotatable bonds is 7. The van der Waals surface area contributed by atoms with E-state index >= 15 is 0 Å². The quantitative estimate of drug-likeness (QED) is 0.451. The molecule has 5 heteroatoms. The Balaban J connectivity index is 1.97. The van der Waals surface area contributed by atoms with E-state index in [0.717, 1.165) is 11.1 Å². The maximum Gasteiger partial charge on any atom is 0.241 e. The van der Waals surface area contributed by atoms with E-state index in [-0.39, 0.29) is 4.92 Å². The molecule has 0 spiro atoms. The Labute approximate surface area is 157 Å². The zero-order valence-corrected chi connectivity index (χ0v) is 14.8. The number of benzene rings is 3. The van der Waals surface area contributed by atoms with Crippen LogP contribution in [0.15, 0.2) is 84.9 Å². The van der Waals surface area contributed by atoms with Gasteiger partial charge in [-0.1, -0.05) is 84.4 Å². The summed E-state index contributed by atoms with van der Waals surface area (Å²) in [6.07, 6.45) is 0.324. The molecule has 3 aromatic rings. The Hall–Kier alpha value is -2.85. The van der Waals surface area contributed by atoms with Crippen molar-refractivity contribution in [3.05, 3.63) is 111 Å². The van der Waals surface area contributed by atoms with E-state index in [1.165, 1.54) is 0 Å². The molecule has 0 fully saturated rings. The van der Waals surface area contributed by atoms with Crippen LogP contribution < -0.4 is 5.32 Å². The van der Waals surface area contributed by atoms with Gasteiger partial charge in [0.2, 0.25) is 6.04 Å². The average molecular weight is 367 g/mol. The molecule has 0 saturated carbocycles. The lowest BCUT2D eigenvalue weighted by molar-refractivity contribution is -0.525. The van der Waals surface area contributed by atoms with E-state index in [2.05, 4.69) is 5.32 Å². The summed E-state index contributed by atoms with van der Waals surface area (Å²) in [5, 5.41) is 15.8. The fourth-order valence-corrected chi connectivity index (χ4v) is 3.17. The molecule has 0 unspecified atom stereocenters. The van der Waals surface area contributed by atoms with Crippen LogP contribution in [0.25, 0.3) is 0 Å². The highest BCUT2D eigenvalue weighted by Crippen LogP contribution is 2.30. The predicted octanol–water partition coefficient (Wildman–Crippen LogP) is 5.38. The maximum atomic E-state index is 11.9. The molecule has 26 heavy (non-hydrogen) atoms. The molecular formula is C21H19ClN2O2. The van der Waals surface area contributed by atoms with Crippen molar-refractivity contribution in [2.24, 2.45) is 0 Å². The second-order valence-electron chi connectivity index (χ2n) is 6.05. The lowest BCUT2D eigenvalue weighted by Gasteiger charge is -2.24. The van der Waals surface area contributed by atoms with Crippen molar-refractivity contribution in [1.82, 2.24) is 0 Å². The van der Waals surface area contributed by atoms with Crippen LogP contribution in [0, 0.1) is 10.1 Å². The van der Waals surface area contributed by atoms with Crippen molar-refractivity contribution in [3.8, 4) is 0 Å². The van der Waals surface area contributed by atoms with Crippen LogP contribution in [0.3, 0.4) is 0 Å². The second-order valence-corrected chi connectivity index (χ2v) is 6.46. The lowest BCUT2D eigenvalue weighted by atomic mass is 9.94. The number of nitrogens with one attached hydrogen (secondary N) is 1. The van der Waals surface area contributed by atoms with Crippen molar-refractivity contribution < 1.29 is 4.92 Å². The van der Waals surface area contributed by atoms with Gasteiger partial charge in [-0.15, -0.1) is 0 Å². The van der Waals surface area contributed by atoms with E-state index in [1.807, 2.05) is 78.9 Å². The first-order chi connectivity index (χ1) is 12.6. The topological polar surface area (TPSA) is 55.2 Å². The van der Waals surface area contributed by atoms with Gasteiger partial charge in [-0.05, 0) is 23.3 Å². The Morgan fingerprint density at radius 1 is 0.885 bits per heavy atom. The monoisotopic (exact) mass is 366 g/mol. The third kappa shape index (κ3) is 4.41. The summed E-state index contributed by atoms with van der Waals surface area (Å²) >= 11 is 6.27. The first-order valence-corrected chi connectivity index (χ1v) is 8.76. The number of anilines is 1. The van der Waals surface area contributed by atoms with Crippen molar-refractivity contribution in [2.75, 3.05) is 5.32 Å². The van der Waals surface area contributed by atoms with Gasteiger partial charge in [0.15, 0.2) is 0 Å². The largest absolute Gasteiger partial charge is 0.371 e. The molecule has 0 aliphatic heterocycles. The second kappa shape index (κ2) is 8.50. The summed E-state index contributed by atoms with van der Waals surface area (Å²) in [4.78, 5) is 11.7. The minimum absolute atomic E-state index is 0.214. The van der Waals surface area contributed by atoms with Crippen molar-refractivity contribution in [1.29, 1.82) is 0 Å². The number of para-hydroxylation sites is 1. The van der Waals surface area contributed by atoms with Crippen LogP contribution in [-0.2, 0) is 6.42 Å². The highest BCUT2D eigenvalue weighted by Gasteiger charge is 2.33. The molecule has 132 valence electrons. The van der Waals surface area contributed by atoms with Crippen LogP contribution >= 0.6 is 11.6 Å². The van der Waals surface area contributed by atoms with E-state index in [9.17, 15) is 10.1 Å². The Kier molecular flexibility index (Phi) is 5.87. The van der Waals surface area contributed by atoms with E-state index in [1.54, 1.807) is 6.07 Å². The molecule has 4 nitrogen and oxygen atoms in total. The lowest BCUT2D eigenvalue weighted by Crippen LogP contribution is -2.34. The fourth-order valence-electron chi connectivity index (χ4n) is 2.98. The molecule has 0 radical (unpaired) electrons. The molecule has 0 aliphatic rings. The molecule has 0 aliphatic carbocycles. The SMILES string of the molecule is O=[N+]([O-])[C@H](Cc1ccccc1)[C@@H](Nc1ccccc1Cl)c1ccccc1. The Morgan fingerprint density at radius 3 is 2.08 bits per heavy atom. The molecule has 3 rings (SSSR count). The Bertz CT molecular complexity index is 856. The van der Waals surface area contributed by atoms with Crippen LogP contribution in [0.1, 0.15) is 17.2 Å². The zero-order chi connectivity index (χ0) is 18.4. The van der Waals surface area contributed by atoms with E-state index in [4.69, 9.17) is 11.6 Å². The summed E-state index contributed by atoms with van der Waals surface area (Å²) < 4.78 is 0. The van der Waals surface area contributed by atoms with Crippen LogP contribution in [0.5, 0.6) is 0 Å². The molecule has 3 aromatic carbocycles. The van der Waals surface area contributed by atoms with Gasteiger partial charge in [0, 0.05) is 11.3 Å². The highest BCUT2D eigenvalue weighted by atomic mass is 35.5. The standard InChI is InChI=1S/C21H19ClN2O2/c22-18-13-7-8-14-19(18)23-21(17-11-5-2-6-12-17)20(24(25)26)15-16-9-3-1-4-10-16/h1-14,20-21,23H,15H2/t20-,21+/m1/s1. The minimum atomic E-state index is -0.837. The summed E-state index contributed by atoms with van der Waals surface area (Å²) in [6.45, 7) is 0. The summed E-state index contributed by atoms with van der Waals surface area (Å²) in [7, 11) is 0. The summed E-state index contributed by atoms with van der Waals surface area (Å²) in [5.74, 6) is 0. The number of hydrogen-bond acceptors (Lipinski definition) is 3. The zero-order valence-electron chi connectivity index (χ0n) is 14.1. The van der Waals surface area contributed by atoms with Crippen LogP contribution in [-0.4, -0.2) is 11.0 Å². The molecule has 0 aromatic heterocycles. The normalized spacial score (nSPS) is 13.0. The van der Waals surface area contributed by atoms with Gasteiger partial charge < -0.3 is 5.32 Å². The van der Waals surface area contributed by atoms with Gasteiger partial charge in [0.1, 0.15) is 6.04 Å². The van der Waals surface area contributed by atoms with Crippen molar-refractivity contribution in [2.45, 2.75) is 18.5 Å². The van der Waals surface area contributed by atoms with Crippen molar-refractivity contribution >= 4 is 17.3 Å². The molecule has 0 bridgehead atoms. The molecular weight excluding hydrogens is 348 g/mol. The fraction of sp³-hybridized carbons (Fsp3) is 0.143. The van der Waals surface area contributed by atoms with Gasteiger partial charge in [0.25, 0.3) is 0 Å². The first kappa shape index (κ1) is 18.0. The predicted molar refractivity (Wildman–Crippen MR) is 105 cm³/mol. The summed E-state index contributed by atoms with van der Waals surface area (Å²) in [6, 6.07) is 24.9. The molecule has 1 N–H and O–H groups in total. The van der Waals surface area contributed by atoms with E-state index in [0.29, 0.717) is 17.1 Å². The third-order valence-corrected chi connectivity index (χ3v) is 4.62. The molecule has 0 saturated heterocycles. The van der Waals surface area contributed by atoms with Gasteiger partial charge in [-0.2, -0.15) is 0 Å². The number of nitro groups is 1. The van der Waals surface area contributed by atoms with Gasteiger partial charge in [-0.3, -0.25) is 10.1 Å². The number of hydrogen-bond donors (Lipinski definition) is 1. The highest BCUT2D eigenvalue weighted by molar-refractivity contribution is 6.33. The van der Waals surface area contributed by atoms with Gasteiger partial charge in [-0.25, -0.2) is 0 Å². The number of halogens is 1. The van der Waals surface area contributed by atoms with E-state index < -0.39 is 12.1 Å². The third-order valence-electron chi connectivity index (χ3n) is 4.29. The van der Waals surface area contributed by atoms with Crippen LogP contribution in [0.4, 0.5) is 5.69 Å². The molecule has 0 amide bonds. The average Bonchev–Trinajstić information content (AvgIpc) is 2.67. The smallest absolute Gasteiger partial charge is 0.241 e. The van der Waals surface area contributed by atoms with Crippen LogP contribution in [0.2, 0.25) is 5.02 Å². The van der Waals surface area contributed by atoms with Gasteiger partial charge in [0.05, 0.1) is 10.7 Å². The Morgan fingerprint density at radius 2 is 1.46 bits per heavy atom. The molecule has 2 atom stereocenters. The van der Waals surface area contributed by atoms with Gasteiger partial charge >= 0.3 is 0 Å².